The third-order valence-corrected chi connectivity index (χ3v) is 1.58. The summed E-state index contributed by atoms with van der Waals surface area (Å²) in [7, 11) is 0. The van der Waals surface area contributed by atoms with Crippen molar-refractivity contribution in [3.63, 3.8) is 0 Å². The smallest absolute Gasteiger partial charge is 0.0606 e. The molecule has 0 unspecified atom stereocenters. The molecule has 0 aromatic rings. The normalized spacial score (nSPS) is 10.9. The van der Waals surface area contributed by atoms with Gasteiger partial charge in [-0.1, -0.05) is 29.5 Å². The van der Waals surface area contributed by atoms with Crippen LogP contribution in [0, 0.1) is 0 Å². The van der Waals surface area contributed by atoms with Crippen LogP contribution in [0.15, 0.2) is 10.2 Å². The first-order valence-corrected chi connectivity index (χ1v) is 4.83. The zero-order valence-corrected chi connectivity index (χ0v) is 7.97. The highest BCUT2D eigenvalue weighted by Crippen LogP contribution is 1.89. The van der Waals surface area contributed by atoms with Crippen LogP contribution in [0.3, 0.4) is 0 Å². The summed E-state index contributed by atoms with van der Waals surface area (Å²) in [6.45, 7) is 3.90. The van der Waals surface area contributed by atoms with Gasteiger partial charge in [0.1, 0.15) is 0 Å². The maximum atomic E-state index is 3.97. The van der Waals surface area contributed by atoms with E-state index in [0.717, 1.165) is 25.9 Å². The average molecular weight is 240 g/mol. The molecule has 0 rings (SSSR count). The Morgan fingerprint density at radius 3 is 2.44 bits per heavy atom. The van der Waals surface area contributed by atoms with Gasteiger partial charge >= 0.3 is 0 Å². The van der Waals surface area contributed by atoms with E-state index in [9.17, 15) is 0 Å². The van der Waals surface area contributed by atoms with E-state index in [1.54, 1.807) is 0 Å². The Morgan fingerprint density at radius 2 is 1.89 bits per heavy atom. The monoisotopic (exact) mass is 240 g/mol. The first-order valence-electron chi connectivity index (χ1n) is 3.31. The molecule has 0 radical (unpaired) electrons. The second-order valence-corrected chi connectivity index (χ2v) is 2.85. The van der Waals surface area contributed by atoms with E-state index in [1.165, 1.54) is 4.43 Å². The Labute approximate surface area is 70.3 Å². The molecule has 0 aromatic heterocycles. The molecule has 0 spiro atoms. The fraction of sp³-hybridized carbons (Fsp3) is 1.00. The Balaban J connectivity index is 2.86. The highest BCUT2D eigenvalue weighted by atomic mass is 127. The molecule has 0 aliphatic heterocycles. The molecule has 0 heterocycles. The van der Waals surface area contributed by atoms with Crippen molar-refractivity contribution in [1.82, 2.24) is 0 Å². The number of hydrogen-bond acceptors (Lipinski definition) is 2. The molecule has 3 heteroatoms. The third kappa shape index (κ3) is 8.33. The van der Waals surface area contributed by atoms with Crippen molar-refractivity contribution >= 4 is 22.6 Å². The standard InChI is InChI=1S/C6H13IN2/c1-2-5-8-9-6-3-4-7/h2-6H2,1H3/b9-8-. The van der Waals surface area contributed by atoms with Crippen LogP contribution in [0.5, 0.6) is 0 Å². The van der Waals surface area contributed by atoms with Crippen LogP contribution < -0.4 is 0 Å². The minimum atomic E-state index is 0.890. The molecule has 2 nitrogen and oxygen atoms in total. The number of nitrogens with zero attached hydrogens (tertiary/aromatic N) is 2. The maximum absolute atomic E-state index is 3.97. The van der Waals surface area contributed by atoms with Crippen LogP contribution in [0.4, 0.5) is 0 Å². The summed E-state index contributed by atoms with van der Waals surface area (Å²) in [6.07, 6.45) is 2.27. The lowest BCUT2D eigenvalue weighted by Gasteiger charge is -1.86. The van der Waals surface area contributed by atoms with Gasteiger partial charge in [0.05, 0.1) is 13.1 Å². The Kier molecular flexibility index (Phi) is 8.64. The molecule has 0 saturated carbocycles. The topological polar surface area (TPSA) is 24.7 Å². The first-order chi connectivity index (χ1) is 4.41. The number of halogens is 1. The van der Waals surface area contributed by atoms with Crippen LogP contribution in [0.2, 0.25) is 0 Å². The van der Waals surface area contributed by atoms with Gasteiger partial charge in [-0.25, -0.2) is 0 Å². The van der Waals surface area contributed by atoms with Crippen LogP contribution in [0.1, 0.15) is 19.8 Å². The van der Waals surface area contributed by atoms with Crippen molar-refractivity contribution in [2.45, 2.75) is 19.8 Å². The van der Waals surface area contributed by atoms with E-state index in [2.05, 4.69) is 39.7 Å². The largest absolute Gasteiger partial charge is 0.194 e. The quantitative estimate of drug-likeness (QED) is 0.305. The molecule has 0 N–H and O–H groups in total. The molecule has 0 bridgehead atoms. The van der Waals surface area contributed by atoms with Crippen molar-refractivity contribution in [2.75, 3.05) is 17.5 Å². The zero-order chi connectivity index (χ0) is 6.95. The van der Waals surface area contributed by atoms with Gasteiger partial charge in [-0.3, -0.25) is 0 Å². The molecule has 0 amide bonds. The number of rotatable bonds is 5. The van der Waals surface area contributed by atoms with Gasteiger partial charge in [0.25, 0.3) is 0 Å². The molecule has 54 valence electrons. The van der Waals surface area contributed by atoms with Crippen LogP contribution >= 0.6 is 22.6 Å². The second-order valence-electron chi connectivity index (χ2n) is 1.77. The lowest BCUT2D eigenvalue weighted by molar-refractivity contribution is 0.798. The molecule has 0 atom stereocenters. The van der Waals surface area contributed by atoms with Crippen molar-refractivity contribution in [3.8, 4) is 0 Å². The highest BCUT2D eigenvalue weighted by Gasteiger charge is 1.78. The Hall–Kier alpha value is 0.330. The SMILES string of the molecule is CCC/N=N\CCCI. The van der Waals surface area contributed by atoms with Crippen LogP contribution in [0.25, 0.3) is 0 Å². The van der Waals surface area contributed by atoms with Gasteiger partial charge in [0.2, 0.25) is 0 Å². The van der Waals surface area contributed by atoms with Gasteiger partial charge in [0, 0.05) is 4.43 Å². The molecule has 0 fully saturated rings. The molecule has 9 heavy (non-hydrogen) atoms. The molecular formula is C6H13IN2. The van der Waals surface area contributed by atoms with E-state index < -0.39 is 0 Å². The minimum Gasteiger partial charge on any atom is -0.194 e. The summed E-state index contributed by atoms with van der Waals surface area (Å²) >= 11 is 2.35. The third-order valence-electron chi connectivity index (χ3n) is 0.815. The Bertz CT molecular complexity index is 73.5. The lowest BCUT2D eigenvalue weighted by Crippen LogP contribution is -1.80. The number of azo groups is 1. The Morgan fingerprint density at radius 1 is 1.22 bits per heavy atom. The summed E-state index contributed by atoms with van der Waals surface area (Å²) < 4.78 is 1.18. The van der Waals surface area contributed by atoms with Crippen molar-refractivity contribution in [1.29, 1.82) is 0 Å². The van der Waals surface area contributed by atoms with E-state index in [4.69, 9.17) is 0 Å². The van der Waals surface area contributed by atoms with E-state index in [0.29, 0.717) is 0 Å². The van der Waals surface area contributed by atoms with Gasteiger partial charge < -0.3 is 0 Å². The van der Waals surface area contributed by atoms with Crippen molar-refractivity contribution in [3.05, 3.63) is 0 Å². The number of hydrogen-bond donors (Lipinski definition) is 0. The van der Waals surface area contributed by atoms with Crippen LogP contribution in [-0.4, -0.2) is 17.5 Å². The lowest BCUT2D eigenvalue weighted by atomic mass is 10.5. The first kappa shape index (κ1) is 9.33. The summed E-state index contributed by atoms with van der Waals surface area (Å²) in [6, 6.07) is 0. The predicted octanol–water partition coefficient (Wildman–Crippen LogP) is 2.67. The molecule has 0 saturated heterocycles. The average Bonchev–Trinajstić information content (AvgIpc) is 1.89. The molecule has 0 aliphatic rings. The molecular weight excluding hydrogens is 227 g/mol. The van der Waals surface area contributed by atoms with Crippen molar-refractivity contribution in [2.24, 2.45) is 10.2 Å². The maximum Gasteiger partial charge on any atom is 0.0606 e. The highest BCUT2D eigenvalue weighted by molar-refractivity contribution is 14.1. The zero-order valence-electron chi connectivity index (χ0n) is 5.81. The minimum absolute atomic E-state index is 0.890. The molecule has 0 aliphatic carbocycles. The van der Waals surface area contributed by atoms with Gasteiger partial charge in [-0.05, 0) is 12.8 Å². The summed E-state index contributed by atoms with van der Waals surface area (Å²) in [5.74, 6) is 0. The van der Waals surface area contributed by atoms with E-state index in [-0.39, 0.29) is 0 Å². The summed E-state index contributed by atoms with van der Waals surface area (Å²) in [5.41, 5.74) is 0. The van der Waals surface area contributed by atoms with E-state index >= 15 is 0 Å². The van der Waals surface area contributed by atoms with Crippen LogP contribution in [-0.2, 0) is 0 Å². The summed E-state index contributed by atoms with van der Waals surface area (Å²) in [4.78, 5) is 0. The van der Waals surface area contributed by atoms with E-state index in [1.807, 2.05) is 0 Å². The summed E-state index contributed by atoms with van der Waals surface area (Å²) in [5, 5.41) is 7.92. The fourth-order valence-electron chi connectivity index (χ4n) is 0.372. The molecule has 0 aromatic carbocycles. The van der Waals surface area contributed by atoms with Gasteiger partial charge in [-0.15, -0.1) is 0 Å². The predicted molar refractivity (Wildman–Crippen MR) is 48.4 cm³/mol. The van der Waals surface area contributed by atoms with Gasteiger partial charge in [-0.2, -0.15) is 10.2 Å². The fourth-order valence-corrected chi connectivity index (χ4v) is 0.713. The number of alkyl halides is 1. The van der Waals surface area contributed by atoms with Gasteiger partial charge in [0.15, 0.2) is 0 Å². The van der Waals surface area contributed by atoms with Crippen molar-refractivity contribution < 1.29 is 0 Å². The second kappa shape index (κ2) is 8.33.